The Morgan fingerprint density at radius 1 is 1.00 bits per heavy atom. The Morgan fingerprint density at radius 3 is 2.50 bits per heavy atom. The number of nitrogens with two attached hydrogens (primary N) is 1. The molecule has 3 rings (SSSR count). The van der Waals surface area contributed by atoms with Gasteiger partial charge in [0, 0.05) is 26.2 Å². The molecular formula is C15H23N3. The molecule has 2 saturated heterocycles. The lowest BCUT2D eigenvalue weighted by molar-refractivity contribution is 0.0287. The third kappa shape index (κ3) is 2.44. The zero-order chi connectivity index (χ0) is 12.4. The molecule has 2 fully saturated rings. The summed E-state index contributed by atoms with van der Waals surface area (Å²) in [4.78, 5) is 5.30. The van der Waals surface area contributed by atoms with E-state index >= 15 is 0 Å². The third-order valence-corrected chi connectivity index (χ3v) is 4.29. The Kier molecular flexibility index (Phi) is 3.64. The maximum Gasteiger partial charge on any atom is 0.0625 e. The van der Waals surface area contributed by atoms with E-state index in [2.05, 4.69) is 34.1 Å². The van der Waals surface area contributed by atoms with Gasteiger partial charge in [0.2, 0.25) is 0 Å². The Hall–Kier alpha value is -0.900. The molecule has 0 aliphatic carbocycles. The highest BCUT2D eigenvalue weighted by atomic mass is 15.4. The minimum Gasteiger partial charge on any atom is -0.326 e. The second kappa shape index (κ2) is 5.39. The summed E-state index contributed by atoms with van der Waals surface area (Å²) < 4.78 is 0. The summed E-state index contributed by atoms with van der Waals surface area (Å²) in [5.41, 5.74) is 8.28. The number of benzene rings is 1. The molecule has 1 aromatic rings. The lowest BCUT2D eigenvalue weighted by atomic mass is 10.1. The molecule has 1 unspecified atom stereocenters. The van der Waals surface area contributed by atoms with E-state index in [0.717, 1.165) is 6.54 Å². The van der Waals surface area contributed by atoms with Gasteiger partial charge in [-0.05, 0) is 36.9 Å². The summed E-state index contributed by atoms with van der Waals surface area (Å²) >= 11 is 0. The zero-order valence-corrected chi connectivity index (χ0v) is 11.0. The van der Waals surface area contributed by atoms with Crippen molar-refractivity contribution in [1.29, 1.82) is 0 Å². The zero-order valence-electron chi connectivity index (χ0n) is 11.0. The van der Waals surface area contributed by atoms with E-state index in [0.29, 0.717) is 12.7 Å². The Labute approximate surface area is 110 Å². The van der Waals surface area contributed by atoms with Crippen LogP contribution in [-0.2, 0) is 13.1 Å². The molecule has 2 aliphatic rings. The monoisotopic (exact) mass is 245 g/mol. The van der Waals surface area contributed by atoms with Crippen LogP contribution in [0, 0.1) is 0 Å². The first kappa shape index (κ1) is 12.2. The number of rotatable bonds is 3. The van der Waals surface area contributed by atoms with Gasteiger partial charge in [-0.1, -0.05) is 24.3 Å². The van der Waals surface area contributed by atoms with Crippen molar-refractivity contribution in [3.05, 3.63) is 35.4 Å². The predicted octanol–water partition coefficient (Wildman–Crippen LogP) is 1.77. The van der Waals surface area contributed by atoms with Crippen LogP contribution < -0.4 is 5.73 Å². The van der Waals surface area contributed by atoms with Crippen LogP contribution in [0.4, 0.5) is 0 Å². The second-order valence-electron chi connectivity index (χ2n) is 5.50. The first-order valence-corrected chi connectivity index (χ1v) is 7.13. The SMILES string of the molecule is NCc1ccc(CN2CCCN3CCCC32)cc1. The molecule has 98 valence electrons. The van der Waals surface area contributed by atoms with Crippen molar-refractivity contribution in [3.63, 3.8) is 0 Å². The summed E-state index contributed by atoms with van der Waals surface area (Å²) in [7, 11) is 0. The fourth-order valence-corrected chi connectivity index (χ4v) is 3.31. The van der Waals surface area contributed by atoms with Crippen LogP contribution in [-0.4, -0.2) is 35.6 Å². The molecule has 0 saturated carbocycles. The average molecular weight is 245 g/mol. The van der Waals surface area contributed by atoms with Crippen molar-refractivity contribution in [2.45, 2.75) is 38.5 Å². The van der Waals surface area contributed by atoms with E-state index in [1.54, 1.807) is 0 Å². The highest BCUT2D eigenvalue weighted by Gasteiger charge is 2.32. The highest BCUT2D eigenvalue weighted by Crippen LogP contribution is 2.26. The van der Waals surface area contributed by atoms with Crippen molar-refractivity contribution in [1.82, 2.24) is 9.80 Å². The summed E-state index contributed by atoms with van der Waals surface area (Å²) in [5, 5.41) is 0. The Balaban J connectivity index is 1.67. The molecule has 0 amide bonds. The number of nitrogens with zero attached hydrogens (tertiary/aromatic N) is 2. The molecule has 18 heavy (non-hydrogen) atoms. The number of hydrogen-bond acceptors (Lipinski definition) is 3. The van der Waals surface area contributed by atoms with E-state index in [9.17, 15) is 0 Å². The highest BCUT2D eigenvalue weighted by molar-refractivity contribution is 5.22. The van der Waals surface area contributed by atoms with Crippen molar-refractivity contribution in [2.75, 3.05) is 19.6 Å². The first-order valence-electron chi connectivity index (χ1n) is 7.13. The topological polar surface area (TPSA) is 32.5 Å². The molecule has 0 aromatic heterocycles. The molecule has 2 heterocycles. The Morgan fingerprint density at radius 2 is 1.72 bits per heavy atom. The molecule has 0 bridgehead atoms. The molecular weight excluding hydrogens is 222 g/mol. The predicted molar refractivity (Wildman–Crippen MR) is 74.0 cm³/mol. The fraction of sp³-hybridized carbons (Fsp3) is 0.600. The van der Waals surface area contributed by atoms with Crippen LogP contribution >= 0.6 is 0 Å². The molecule has 1 atom stereocenters. The van der Waals surface area contributed by atoms with E-state index in [4.69, 9.17) is 5.73 Å². The fourth-order valence-electron chi connectivity index (χ4n) is 3.31. The maximum absolute atomic E-state index is 5.64. The van der Waals surface area contributed by atoms with Gasteiger partial charge in [0.25, 0.3) is 0 Å². The lowest BCUT2D eigenvalue weighted by Gasteiger charge is -2.40. The van der Waals surface area contributed by atoms with Crippen molar-refractivity contribution in [3.8, 4) is 0 Å². The van der Waals surface area contributed by atoms with Crippen LogP contribution in [0.1, 0.15) is 30.4 Å². The molecule has 2 N–H and O–H groups in total. The minimum atomic E-state index is 0.639. The minimum absolute atomic E-state index is 0.639. The summed E-state index contributed by atoms with van der Waals surface area (Å²) in [6, 6.07) is 8.78. The third-order valence-electron chi connectivity index (χ3n) is 4.29. The van der Waals surface area contributed by atoms with Gasteiger partial charge in [-0.2, -0.15) is 0 Å². The van der Waals surface area contributed by atoms with Gasteiger partial charge >= 0.3 is 0 Å². The first-order chi connectivity index (χ1) is 8.86. The van der Waals surface area contributed by atoms with Crippen molar-refractivity contribution >= 4 is 0 Å². The van der Waals surface area contributed by atoms with Crippen molar-refractivity contribution < 1.29 is 0 Å². The molecule has 2 aliphatic heterocycles. The maximum atomic E-state index is 5.64. The van der Waals surface area contributed by atoms with Gasteiger partial charge in [0.15, 0.2) is 0 Å². The summed E-state index contributed by atoms with van der Waals surface area (Å²) in [6.07, 6.45) is 4.74. The van der Waals surface area contributed by atoms with Crippen molar-refractivity contribution in [2.24, 2.45) is 5.73 Å². The smallest absolute Gasteiger partial charge is 0.0625 e. The molecule has 0 spiro atoms. The quantitative estimate of drug-likeness (QED) is 0.881. The van der Waals surface area contributed by atoms with E-state index < -0.39 is 0 Å². The lowest BCUT2D eigenvalue weighted by Crippen LogP contribution is -2.49. The largest absolute Gasteiger partial charge is 0.326 e. The molecule has 1 aromatic carbocycles. The van der Waals surface area contributed by atoms with Gasteiger partial charge in [-0.3, -0.25) is 9.80 Å². The van der Waals surface area contributed by atoms with E-state index in [-0.39, 0.29) is 0 Å². The summed E-state index contributed by atoms with van der Waals surface area (Å²) in [5.74, 6) is 0. The Bertz CT molecular complexity index is 387. The van der Waals surface area contributed by atoms with Gasteiger partial charge in [-0.15, -0.1) is 0 Å². The van der Waals surface area contributed by atoms with Gasteiger partial charge < -0.3 is 5.73 Å². The van der Waals surface area contributed by atoms with Crippen LogP contribution in [0.5, 0.6) is 0 Å². The van der Waals surface area contributed by atoms with Crippen LogP contribution in [0.3, 0.4) is 0 Å². The van der Waals surface area contributed by atoms with E-state index in [1.807, 2.05) is 0 Å². The van der Waals surface area contributed by atoms with Crippen LogP contribution in [0.25, 0.3) is 0 Å². The molecule has 0 radical (unpaired) electrons. The van der Waals surface area contributed by atoms with Crippen LogP contribution in [0.2, 0.25) is 0 Å². The normalized spacial score (nSPS) is 25.3. The summed E-state index contributed by atoms with van der Waals surface area (Å²) in [6.45, 7) is 5.58. The van der Waals surface area contributed by atoms with Gasteiger partial charge in [0.1, 0.15) is 0 Å². The number of hydrogen-bond donors (Lipinski definition) is 1. The standard InChI is InChI=1S/C15H23N3/c16-11-13-4-6-14(7-5-13)12-18-10-2-9-17-8-1-3-15(17)18/h4-7,15H,1-3,8-12,16H2. The van der Waals surface area contributed by atoms with E-state index in [1.165, 1.54) is 50.0 Å². The second-order valence-corrected chi connectivity index (χ2v) is 5.50. The van der Waals surface area contributed by atoms with Gasteiger partial charge in [-0.25, -0.2) is 0 Å². The molecule has 3 heteroatoms. The van der Waals surface area contributed by atoms with Gasteiger partial charge in [0.05, 0.1) is 6.17 Å². The molecule has 3 nitrogen and oxygen atoms in total. The van der Waals surface area contributed by atoms with Crippen LogP contribution in [0.15, 0.2) is 24.3 Å². The average Bonchev–Trinajstić information content (AvgIpc) is 2.89. The number of fused-ring (bicyclic) bond motifs is 1.